The lowest BCUT2D eigenvalue weighted by atomic mass is 10.2. The number of carbonyl (C=O) groups is 1. The predicted molar refractivity (Wildman–Crippen MR) is 99.0 cm³/mol. The maximum atomic E-state index is 11.5. The number of halogens is 1. The number of benzene rings is 2. The van der Waals surface area contributed by atoms with Crippen LogP contribution in [-0.4, -0.2) is 23.0 Å². The topological polar surface area (TPSA) is 99.4 Å². The van der Waals surface area contributed by atoms with Crippen molar-refractivity contribution in [1.29, 1.82) is 0 Å². The first kappa shape index (κ1) is 17.5. The van der Waals surface area contributed by atoms with E-state index < -0.39 is 5.97 Å². The zero-order chi connectivity index (χ0) is 18.5. The number of carbonyl (C=O) groups excluding carboxylic acids is 1. The quantitative estimate of drug-likeness (QED) is 0.654. The maximum Gasteiger partial charge on any atom is 0.337 e. The molecule has 0 aliphatic heterocycles. The van der Waals surface area contributed by atoms with Crippen LogP contribution in [0.3, 0.4) is 0 Å². The Balaban J connectivity index is 1.78. The number of hydrogen-bond donors (Lipinski definition) is 2. The Hall–Kier alpha value is -3.32. The molecule has 2 aromatic carbocycles. The van der Waals surface area contributed by atoms with E-state index in [1.54, 1.807) is 48.5 Å². The number of nitrogens with two attached hydrogens (primary N) is 1. The largest absolute Gasteiger partial charge is 0.465 e. The highest BCUT2D eigenvalue weighted by atomic mass is 35.5. The van der Waals surface area contributed by atoms with E-state index in [4.69, 9.17) is 22.1 Å². The summed E-state index contributed by atoms with van der Waals surface area (Å²) < 4.78 is 10.3. The van der Waals surface area contributed by atoms with Crippen LogP contribution < -0.4 is 15.8 Å². The highest BCUT2D eigenvalue weighted by molar-refractivity contribution is 6.30. The minimum Gasteiger partial charge on any atom is -0.465 e. The molecule has 0 bridgehead atoms. The Kier molecular flexibility index (Phi) is 5.19. The van der Waals surface area contributed by atoms with Crippen molar-refractivity contribution in [2.75, 3.05) is 18.2 Å². The highest BCUT2D eigenvalue weighted by Gasteiger charge is 2.11. The molecule has 3 aromatic rings. The van der Waals surface area contributed by atoms with Crippen molar-refractivity contribution >= 4 is 34.8 Å². The maximum absolute atomic E-state index is 11.5. The van der Waals surface area contributed by atoms with Crippen molar-refractivity contribution < 1.29 is 14.3 Å². The third-order valence-corrected chi connectivity index (χ3v) is 3.70. The lowest BCUT2D eigenvalue weighted by Gasteiger charge is -2.12. The molecule has 3 rings (SSSR count). The molecule has 132 valence electrons. The normalized spacial score (nSPS) is 10.2. The summed E-state index contributed by atoms with van der Waals surface area (Å²) in [5.41, 5.74) is 7.53. The zero-order valence-electron chi connectivity index (χ0n) is 13.8. The fourth-order valence-electron chi connectivity index (χ4n) is 2.12. The summed E-state index contributed by atoms with van der Waals surface area (Å²) in [7, 11) is 1.32. The molecular weight excluding hydrogens is 356 g/mol. The minimum absolute atomic E-state index is 0.197. The third-order valence-electron chi connectivity index (χ3n) is 3.44. The summed E-state index contributed by atoms with van der Waals surface area (Å²) in [6, 6.07) is 13.5. The fraction of sp³-hybridized carbons (Fsp3) is 0.0556. The molecule has 0 spiro atoms. The van der Waals surface area contributed by atoms with E-state index in [1.807, 2.05) is 0 Å². The highest BCUT2D eigenvalue weighted by Crippen LogP contribution is 2.31. The average Bonchev–Trinajstić information content (AvgIpc) is 2.66. The number of ether oxygens (including phenoxy) is 2. The number of nitrogens with one attached hydrogen (secondary N) is 1. The van der Waals surface area contributed by atoms with E-state index in [-0.39, 0.29) is 11.6 Å². The molecule has 0 fully saturated rings. The van der Waals surface area contributed by atoms with Gasteiger partial charge in [0.2, 0.25) is 5.88 Å². The van der Waals surface area contributed by atoms with Gasteiger partial charge in [-0.25, -0.2) is 9.78 Å². The van der Waals surface area contributed by atoms with Gasteiger partial charge in [0.15, 0.2) is 5.82 Å². The van der Waals surface area contributed by atoms with Gasteiger partial charge in [-0.15, -0.1) is 0 Å². The molecule has 26 heavy (non-hydrogen) atoms. The van der Waals surface area contributed by atoms with Gasteiger partial charge in [0.1, 0.15) is 17.8 Å². The molecule has 1 heterocycles. The third kappa shape index (κ3) is 4.01. The van der Waals surface area contributed by atoms with Gasteiger partial charge in [0.05, 0.1) is 12.7 Å². The second-order valence-electron chi connectivity index (χ2n) is 5.19. The first-order valence-corrected chi connectivity index (χ1v) is 7.94. The van der Waals surface area contributed by atoms with Crippen LogP contribution in [0.4, 0.5) is 17.2 Å². The van der Waals surface area contributed by atoms with Crippen molar-refractivity contribution in [3.63, 3.8) is 0 Å². The molecule has 0 radical (unpaired) electrons. The molecule has 3 N–H and O–H groups in total. The first-order valence-electron chi connectivity index (χ1n) is 7.56. The summed E-state index contributed by atoms with van der Waals surface area (Å²) in [5.74, 6) is 0.652. The SMILES string of the molecule is COC(=O)c1ccc(Oc2ncnc(Nc3ccc(Cl)cc3)c2N)cc1. The van der Waals surface area contributed by atoms with E-state index in [0.29, 0.717) is 22.2 Å². The Morgan fingerprint density at radius 3 is 2.42 bits per heavy atom. The van der Waals surface area contributed by atoms with Gasteiger partial charge in [-0.1, -0.05) is 11.6 Å². The lowest BCUT2D eigenvalue weighted by molar-refractivity contribution is 0.0600. The number of nitrogens with zero attached hydrogens (tertiary/aromatic N) is 2. The number of hydrogen-bond acceptors (Lipinski definition) is 7. The molecule has 0 unspecified atom stereocenters. The monoisotopic (exact) mass is 370 g/mol. The van der Waals surface area contributed by atoms with Crippen molar-refractivity contribution in [2.45, 2.75) is 0 Å². The van der Waals surface area contributed by atoms with E-state index in [1.165, 1.54) is 13.4 Å². The van der Waals surface area contributed by atoms with Crippen LogP contribution in [0.2, 0.25) is 5.02 Å². The average molecular weight is 371 g/mol. The van der Waals surface area contributed by atoms with Crippen LogP contribution in [0, 0.1) is 0 Å². The summed E-state index contributed by atoms with van der Waals surface area (Å²) in [6.07, 6.45) is 1.34. The Morgan fingerprint density at radius 1 is 1.08 bits per heavy atom. The molecule has 8 heteroatoms. The first-order chi connectivity index (χ1) is 12.6. The van der Waals surface area contributed by atoms with Crippen LogP contribution in [0.15, 0.2) is 54.9 Å². The lowest BCUT2D eigenvalue weighted by Crippen LogP contribution is -2.03. The Morgan fingerprint density at radius 2 is 1.77 bits per heavy atom. The summed E-state index contributed by atoms with van der Waals surface area (Å²) in [5, 5.41) is 3.71. The standard InChI is InChI=1S/C18H15ClN4O3/c1-25-18(24)11-2-8-14(9-3-11)26-17-15(20)16(21-10-22-17)23-13-6-4-12(19)5-7-13/h2-10H,20H2,1H3,(H,21,22,23). The van der Waals surface area contributed by atoms with Crippen molar-refractivity contribution in [3.8, 4) is 11.6 Å². The Labute approximate surface area is 154 Å². The molecule has 0 saturated carbocycles. The van der Waals surface area contributed by atoms with Gasteiger partial charge < -0.3 is 20.5 Å². The molecule has 0 aliphatic rings. The van der Waals surface area contributed by atoms with E-state index >= 15 is 0 Å². The van der Waals surface area contributed by atoms with Crippen LogP contribution in [-0.2, 0) is 4.74 Å². The van der Waals surface area contributed by atoms with Crippen molar-refractivity contribution in [2.24, 2.45) is 0 Å². The number of rotatable bonds is 5. The van der Waals surface area contributed by atoms with Crippen LogP contribution in [0.1, 0.15) is 10.4 Å². The summed E-state index contributed by atoms with van der Waals surface area (Å²) >= 11 is 5.87. The number of esters is 1. The van der Waals surface area contributed by atoms with E-state index in [2.05, 4.69) is 20.0 Å². The Bertz CT molecular complexity index is 915. The van der Waals surface area contributed by atoms with Gasteiger partial charge in [0.25, 0.3) is 0 Å². The molecule has 7 nitrogen and oxygen atoms in total. The van der Waals surface area contributed by atoms with Crippen LogP contribution in [0.25, 0.3) is 0 Å². The summed E-state index contributed by atoms with van der Waals surface area (Å²) in [4.78, 5) is 19.6. The molecule has 0 atom stereocenters. The predicted octanol–water partition coefficient (Wildman–Crippen LogP) is 4.03. The number of nitrogen functional groups attached to an aromatic ring is 1. The van der Waals surface area contributed by atoms with Crippen LogP contribution >= 0.6 is 11.6 Å². The van der Waals surface area contributed by atoms with Crippen molar-refractivity contribution in [1.82, 2.24) is 9.97 Å². The van der Waals surface area contributed by atoms with E-state index in [0.717, 1.165) is 5.69 Å². The van der Waals surface area contributed by atoms with Crippen molar-refractivity contribution in [3.05, 3.63) is 65.4 Å². The zero-order valence-corrected chi connectivity index (χ0v) is 14.5. The second-order valence-corrected chi connectivity index (χ2v) is 5.63. The second kappa shape index (κ2) is 7.71. The van der Waals surface area contributed by atoms with Gasteiger partial charge in [-0.3, -0.25) is 0 Å². The minimum atomic E-state index is -0.424. The smallest absolute Gasteiger partial charge is 0.337 e. The molecule has 1 aromatic heterocycles. The van der Waals surface area contributed by atoms with Crippen LogP contribution in [0.5, 0.6) is 11.6 Å². The van der Waals surface area contributed by atoms with Gasteiger partial charge in [-0.05, 0) is 48.5 Å². The number of anilines is 3. The molecular formula is C18H15ClN4O3. The summed E-state index contributed by atoms with van der Waals surface area (Å²) in [6.45, 7) is 0. The fourth-order valence-corrected chi connectivity index (χ4v) is 2.24. The molecule has 0 saturated heterocycles. The van der Waals surface area contributed by atoms with Gasteiger partial charge >= 0.3 is 5.97 Å². The van der Waals surface area contributed by atoms with Gasteiger partial charge in [0, 0.05) is 10.7 Å². The van der Waals surface area contributed by atoms with E-state index in [9.17, 15) is 4.79 Å². The van der Waals surface area contributed by atoms with Gasteiger partial charge in [-0.2, -0.15) is 4.98 Å². The molecule has 0 amide bonds. The molecule has 0 aliphatic carbocycles. The number of aromatic nitrogens is 2. The number of methoxy groups -OCH3 is 1.